The maximum absolute atomic E-state index is 13.1. The van der Waals surface area contributed by atoms with Gasteiger partial charge in [-0.05, 0) is 17.7 Å². The largest absolute Gasteiger partial charge is 0.394 e. The number of rotatable bonds is 5. The smallest absolute Gasteiger partial charge is 0.330 e. The molecule has 0 aliphatic heterocycles. The molecule has 1 aromatic carbocycles. The molecule has 8 heteroatoms. The highest BCUT2D eigenvalue weighted by Gasteiger charge is 2.15. The van der Waals surface area contributed by atoms with E-state index in [-0.39, 0.29) is 25.8 Å². The van der Waals surface area contributed by atoms with Gasteiger partial charge in [-0.3, -0.25) is 14.3 Å². The van der Waals surface area contributed by atoms with Crippen molar-refractivity contribution in [3.8, 4) is 11.1 Å². The van der Waals surface area contributed by atoms with E-state index in [9.17, 15) is 14.0 Å². The van der Waals surface area contributed by atoms with Gasteiger partial charge in [0, 0.05) is 10.9 Å². The second-order valence-electron chi connectivity index (χ2n) is 4.78. The maximum Gasteiger partial charge on any atom is 0.330 e. The number of benzene rings is 1. The highest BCUT2D eigenvalue weighted by Crippen LogP contribution is 2.31. The summed E-state index contributed by atoms with van der Waals surface area (Å²) >= 11 is 1.20. The van der Waals surface area contributed by atoms with Crippen molar-refractivity contribution in [3.05, 3.63) is 56.3 Å². The summed E-state index contributed by atoms with van der Waals surface area (Å²) in [7, 11) is 0. The zero-order valence-corrected chi connectivity index (χ0v) is 12.7. The van der Waals surface area contributed by atoms with Gasteiger partial charge in [-0.15, -0.1) is 11.3 Å². The fourth-order valence-corrected chi connectivity index (χ4v) is 3.25. The number of thiophene rings is 1. The third-order valence-electron chi connectivity index (χ3n) is 3.32. The van der Waals surface area contributed by atoms with Crippen LogP contribution in [0.25, 0.3) is 21.3 Å². The van der Waals surface area contributed by atoms with Crippen LogP contribution in [0.3, 0.4) is 0 Å². The number of aliphatic hydroxyl groups is 1. The van der Waals surface area contributed by atoms with Gasteiger partial charge in [0.05, 0.1) is 18.7 Å². The molecule has 0 radical (unpaired) electrons. The molecule has 0 fully saturated rings. The number of aromatic nitrogens is 2. The summed E-state index contributed by atoms with van der Waals surface area (Å²) in [5, 5.41) is 10.5. The Hall–Kier alpha value is -2.29. The minimum Gasteiger partial charge on any atom is -0.394 e. The van der Waals surface area contributed by atoms with Crippen molar-refractivity contribution in [2.75, 3.05) is 13.2 Å². The number of halogens is 1. The summed E-state index contributed by atoms with van der Waals surface area (Å²) in [6.07, 6.45) is 0. The lowest BCUT2D eigenvalue weighted by atomic mass is 10.1. The van der Waals surface area contributed by atoms with Gasteiger partial charge in [0.15, 0.2) is 0 Å². The van der Waals surface area contributed by atoms with Gasteiger partial charge < -0.3 is 9.84 Å². The molecule has 0 bridgehead atoms. The van der Waals surface area contributed by atoms with E-state index in [1.165, 1.54) is 28.0 Å². The summed E-state index contributed by atoms with van der Waals surface area (Å²) in [6, 6.07) is 5.80. The Morgan fingerprint density at radius 2 is 2.00 bits per heavy atom. The Labute approximate surface area is 133 Å². The number of hydrogen-bond acceptors (Lipinski definition) is 5. The number of nitrogens with one attached hydrogen (secondary N) is 1. The van der Waals surface area contributed by atoms with Gasteiger partial charge in [0.25, 0.3) is 5.56 Å². The quantitative estimate of drug-likeness (QED) is 0.692. The number of fused-ring (bicyclic) bond motifs is 1. The van der Waals surface area contributed by atoms with Crippen LogP contribution in [-0.4, -0.2) is 27.9 Å². The summed E-state index contributed by atoms with van der Waals surface area (Å²) in [4.78, 5) is 26.3. The van der Waals surface area contributed by atoms with Crippen LogP contribution in [0.4, 0.5) is 4.39 Å². The summed E-state index contributed by atoms with van der Waals surface area (Å²) < 4.78 is 20.0. The number of nitrogens with zero attached hydrogens (tertiary/aromatic N) is 1. The van der Waals surface area contributed by atoms with Crippen molar-refractivity contribution in [3.63, 3.8) is 0 Å². The Morgan fingerprint density at radius 1 is 1.26 bits per heavy atom. The molecule has 0 spiro atoms. The second kappa shape index (κ2) is 6.45. The van der Waals surface area contributed by atoms with Crippen molar-refractivity contribution in [2.24, 2.45) is 0 Å². The molecule has 23 heavy (non-hydrogen) atoms. The molecule has 6 nitrogen and oxygen atoms in total. The standard InChI is InChI=1S/C15H13FN2O4S/c16-10-3-1-9(2-4-10)11-7-23-13-12(11)18(8-22-6-5-19)15(21)17-14(13)20/h1-4,7,19H,5-6,8H2,(H,17,20,21). The molecule has 0 amide bonds. The van der Waals surface area contributed by atoms with Crippen LogP contribution >= 0.6 is 11.3 Å². The van der Waals surface area contributed by atoms with Gasteiger partial charge in [-0.1, -0.05) is 12.1 Å². The van der Waals surface area contributed by atoms with E-state index in [4.69, 9.17) is 9.84 Å². The molecular formula is C15H13FN2O4S. The zero-order valence-electron chi connectivity index (χ0n) is 11.9. The Morgan fingerprint density at radius 3 is 2.70 bits per heavy atom. The number of hydrogen-bond donors (Lipinski definition) is 2. The molecule has 0 saturated heterocycles. The first-order chi connectivity index (χ1) is 11.1. The molecule has 2 aromatic heterocycles. The molecule has 0 saturated carbocycles. The van der Waals surface area contributed by atoms with Crippen LogP contribution in [0.15, 0.2) is 39.2 Å². The van der Waals surface area contributed by atoms with Crippen LogP contribution in [0.1, 0.15) is 0 Å². The van der Waals surface area contributed by atoms with E-state index in [0.29, 0.717) is 21.3 Å². The highest BCUT2D eigenvalue weighted by atomic mass is 32.1. The van der Waals surface area contributed by atoms with Gasteiger partial charge in [0.2, 0.25) is 0 Å². The average molecular weight is 336 g/mol. The van der Waals surface area contributed by atoms with Crippen LogP contribution < -0.4 is 11.2 Å². The van der Waals surface area contributed by atoms with E-state index < -0.39 is 11.2 Å². The maximum atomic E-state index is 13.1. The number of ether oxygens (including phenoxy) is 1. The number of aliphatic hydroxyl groups excluding tert-OH is 1. The lowest BCUT2D eigenvalue weighted by Crippen LogP contribution is -2.30. The third-order valence-corrected chi connectivity index (χ3v) is 4.29. The van der Waals surface area contributed by atoms with Gasteiger partial charge in [0.1, 0.15) is 17.2 Å². The van der Waals surface area contributed by atoms with Gasteiger partial charge >= 0.3 is 5.69 Å². The van der Waals surface area contributed by atoms with Crippen LogP contribution in [-0.2, 0) is 11.5 Å². The Balaban J connectivity index is 2.21. The minimum atomic E-state index is -0.595. The summed E-state index contributed by atoms with van der Waals surface area (Å²) in [6.45, 7) is -0.198. The van der Waals surface area contributed by atoms with Gasteiger partial charge in [-0.25, -0.2) is 9.18 Å². The topological polar surface area (TPSA) is 84.3 Å². The molecule has 0 aliphatic rings. The molecule has 0 unspecified atom stereocenters. The summed E-state index contributed by atoms with van der Waals surface area (Å²) in [5.74, 6) is -0.366. The highest BCUT2D eigenvalue weighted by molar-refractivity contribution is 7.17. The average Bonchev–Trinajstić information content (AvgIpc) is 2.97. The first kappa shape index (κ1) is 15.6. The van der Waals surface area contributed by atoms with Crippen molar-refractivity contribution < 1.29 is 14.2 Å². The van der Waals surface area contributed by atoms with Crippen molar-refractivity contribution >= 4 is 21.6 Å². The van der Waals surface area contributed by atoms with E-state index in [2.05, 4.69) is 4.98 Å². The van der Waals surface area contributed by atoms with E-state index >= 15 is 0 Å². The lowest BCUT2D eigenvalue weighted by molar-refractivity contribution is 0.0481. The zero-order chi connectivity index (χ0) is 16.4. The minimum absolute atomic E-state index is 0.0725. The number of aromatic amines is 1. The predicted molar refractivity (Wildman–Crippen MR) is 85.1 cm³/mol. The van der Waals surface area contributed by atoms with Crippen LogP contribution in [0, 0.1) is 5.82 Å². The SMILES string of the molecule is O=c1[nH]c(=O)n(COCCO)c2c(-c3ccc(F)cc3)csc12. The number of H-pyrrole nitrogens is 1. The van der Waals surface area contributed by atoms with Crippen LogP contribution in [0.5, 0.6) is 0 Å². The molecule has 3 rings (SSSR count). The van der Waals surface area contributed by atoms with Gasteiger partial charge in [-0.2, -0.15) is 0 Å². The fraction of sp³-hybridized carbons (Fsp3) is 0.200. The molecule has 2 heterocycles. The first-order valence-corrected chi connectivity index (χ1v) is 7.68. The Kier molecular flexibility index (Phi) is 4.37. The molecular weight excluding hydrogens is 323 g/mol. The predicted octanol–water partition coefficient (Wildman–Crippen LogP) is 1.52. The molecule has 120 valence electrons. The van der Waals surface area contributed by atoms with Crippen molar-refractivity contribution in [1.29, 1.82) is 0 Å². The van der Waals surface area contributed by atoms with E-state index in [1.54, 1.807) is 17.5 Å². The fourth-order valence-electron chi connectivity index (χ4n) is 2.28. The molecule has 3 aromatic rings. The molecule has 0 atom stereocenters. The monoisotopic (exact) mass is 336 g/mol. The van der Waals surface area contributed by atoms with Crippen LogP contribution in [0.2, 0.25) is 0 Å². The molecule has 2 N–H and O–H groups in total. The van der Waals surface area contributed by atoms with E-state index in [1.807, 2.05) is 0 Å². The first-order valence-electron chi connectivity index (χ1n) is 6.80. The second-order valence-corrected chi connectivity index (χ2v) is 5.66. The lowest BCUT2D eigenvalue weighted by Gasteiger charge is -2.09. The summed E-state index contributed by atoms with van der Waals surface area (Å²) in [5.41, 5.74) is 0.719. The normalized spacial score (nSPS) is 11.2. The molecule has 0 aliphatic carbocycles. The van der Waals surface area contributed by atoms with E-state index in [0.717, 1.165) is 0 Å². The third kappa shape index (κ3) is 2.96. The van der Waals surface area contributed by atoms with Crippen molar-refractivity contribution in [2.45, 2.75) is 6.73 Å². The Bertz CT molecular complexity index is 943. The van der Waals surface area contributed by atoms with Crippen molar-refractivity contribution in [1.82, 2.24) is 9.55 Å².